The maximum absolute atomic E-state index is 16.1. The molecular weight excluding hydrogens is 562 g/mol. The Balaban J connectivity index is 2.21. The summed E-state index contributed by atoms with van der Waals surface area (Å²) >= 11 is 0. The molecule has 1 heterocycles. The van der Waals surface area contributed by atoms with Gasteiger partial charge in [-0.3, -0.25) is 4.99 Å². The molecule has 0 unspecified atom stereocenters. The van der Waals surface area contributed by atoms with E-state index in [2.05, 4.69) is 15.3 Å². The van der Waals surface area contributed by atoms with Crippen molar-refractivity contribution in [1.82, 2.24) is 4.98 Å². The van der Waals surface area contributed by atoms with Gasteiger partial charge < -0.3 is 15.8 Å². The Morgan fingerprint density at radius 2 is 1.88 bits per heavy atom. The second-order valence-corrected chi connectivity index (χ2v) is 11.7. The van der Waals surface area contributed by atoms with Gasteiger partial charge in [-0.25, -0.2) is 35.3 Å². The molecule has 0 spiro atoms. The van der Waals surface area contributed by atoms with E-state index >= 15 is 4.39 Å². The number of hydrogen-bond donors (Lipinski definition) is 2. The fourth-order valence-corrected chi connectivity index (χ4v) is 5.26. The molecule has 0 aliphatic carbocycles. The fourth-order valence-electron chi connectivity index (χ4n) is 3.80. The van der Waals surface area contributed by atoms with Gasteiger partial charge in [0, 0.05) is 36.2 Å². The molecule has 3 rings (SSSR count). The summed E-state index contributed by atoms with van der Waals surface area (Å²) in [4.78, 5) is 7.31. The average Bonchev–Trinajstić information content (AvgIpc) is 2.90. The number of aliphatic imine (C=N–C) groups is 1. The van der Waals surface area contributed by atoms with Gasteiger partial charge in [-0.1, -0.05) is 6.07 Å². The summed E-state index contributed by atoms with van der Waals surface area (Å²) < 4.78 is 89.5. The van der Waals surface area contributed by atoms with Crippen LogP contribution in [0, 0.1) is 17.5 Å². The summed E-state index contributed by atoms with van der Waals surface area (Å²) in [6.45, 7) is 4.18. The van der Waals surface area contributed by atoms with Gasteiger partial charge in [-0.15, -0.1) is 0 Å². The topological polar surface area (TPSA) is 110 Å². The van der Waals surface area contributed by atoms with Crippen LogP contribution in [-0.4, -0.2) is 52.2 Å². The normalized spacial score (nSPS) is 12.9. The summed E-state index contributed by atoms with van der Waals surface area (Å²) in [5, 5.41) is 3.21. The molecule has 8 nitrogen and oxygen atoms in total. The second-order valence-electron chi connectivity index (χ2n) is 9.84. The van der Waals surface area contributed by atoms with Crippen molar-refractivity contribution in [3.05, 3.63) is 83.3 Å². The van der Waals surface area contributed by atoms with E-state index in [-0.39, 0.29) is 28.9 Å². The third-order valence-electron chi connectivity index (χ3n) is 5.54. The number of allylic oxidation sites excluding steroid dienone is 1. The van der Waals surface area contributed by atoms with Crippen LogP contribution in [-0.2, 0) is 14.8 Å². The zero-order valence-electron chi connectivity index (χ0n) is 23.0. The third-order valence-corrected chi connectivity index (χ3v) is 7.29. The number of nitrogens with two attached hydrogens (primary N) is 1. The van der Waals surface area contributed by atoms with E-state index < -0.39 is 51.5 Å². The number of pyridine rings is 1. The van der Waals surface area contributed by atoms with Crippen molar-refractivity contribution in [1.29, 1.82) is 0 Å². The van der Waals surface area contributed by atoms with Crippen LogP contribution in [0.4, 0.5) is 29.1 Å². The molecule has 0 bridgehead atoms. The highest BCUT2D eigenvalue weighted by molar-refractivity contribution is 7.92. The Morgan fingerprint density at radius 1 is 1.15 bits per heavy atom. The number of rotatable bonds is 11. The van der Waals surface area contributed by atoms with Gasteiger partial charge in [0.25, 0.3) is 10.0 Å². The van der Waals surface area contributed by atoms with Crippen molar-refractivity contribution in [3.63, 3.8) is 0 Å². The van der Waals surface area contributed by atoms with Gasteiger partial charge in [0.05, 0.1) is 17.9 Å². The molecule has 0 aliphatic heterocycles. The van der Waals surface area contributed by atoms with Crippen LogP contribution in [0.25, 0.3) is 11.3 Å². The lowest BCUT2D eigenvalue weighted by atomic mass is 10.00. The van der Waals surface area contributed by atoms with Crippen LogP contribution in [0.15, 0.2) is 64.6 Å². The van der Waals surface area contributed by atoms with Gasteiger partial charge in [0.1, 0.15) is 35.8 Å². The van der Waals surface area contributed by atoms with Crippen LogP contribution in [0.5, 0.6) is 0 Å². The molecule has 0 aliphatic rings. The van der Waals surface area contributed by atoms with Crippen molar-refractivity contribution >= 4 is 39.0 Å². The highest BCUT2D eigenvalue weighted by Gasteiger charge is 2.31. The maximum Gasteiger partial charge on any atom is 0.269 e. The number of nitrogens with one attached hydrogen (secondary N) is 1. The molecule has 0 saturated carbocycles. The summed E-state index contributed by atoms with van der Waals surface area (Å²) in [6.07, 6.45) is 2.80. The van der Waals surface area contributed by atoms with Crippen LogP contribution < -0.4 is 15.4 Å². The Morgan fingerprint density at radius 3 is 2.54 bits per heavy atom. The smallest absolute Gasteiger partial charge is 0.269 e. The van der Waals surface area contributed by atoms with E-state index in [1.807, 2.05) is 20.8 Å². The van der Waals surface area contributed by atoms with Crippen LogP contribution in [0.2, 0.25) is 0 Å². The largest absolute Gasteiger partial charge is 0.398 e. The first-order valence-electron chi connectivity index (χ1n) is 12.4. The summed E-state index contributed by atoms with van der Waals surface area (Å²) in [7, 11) is -3.68. The number of methoxy groups -OCH3 is 1. The van der Waals surface area contributed by atoms with Gasteiger partial charge in [0.15, 0.2) is 5.82 Å². The maximum atomic E-state index is 16.1. The molecule has 0 fully saturated rings. The molecule has 1 aromatic heterocycles. The molecule has 0 saturated heterocycles. The molecule has 0 amide bonds. The van der Waals surface area contributed by atoms with E-state index in [0.717, 1.165) is 19.2 Å². The van der Waals surface area contributed by atoms with Crippen LogP contribution in [0.1, 0.15) is 31.9 Å². The minimum absolute atomic E-state index is 0.147. The van der Waals surface area contributed by atoms with Gasteiger partial charge in [-0.2, -0.15) is 0 Å². The zero-order chi connectivity index (χ0) is 30.4. The molecule has 13 heteroatoms. The molecule has 0 radical (unpaired) electrons. The predicted molar refractivity (Wildman–Crippen MR) is 152 cm³/mol. The summed E-state index contributed by atoms with van der Waals surface area (Å²) in [6, 6.07) is 8.96. The van der Waals surface area contributed by atoms with Gasteiger partial charge >= 0.3 is 0 Å². The molecule has 2 aromatic carbocycles. The summed E-state index contributed by atoms with van der Waals surface area (Å²) in [5.41, 5.74) is 5.90. The lowest BCUT2D eigenvalue weighted by Crippen LogP contribution is -2.34. The predicted octanol–water partition coefficient (Wildman–Crippen LogP) is 5.38. The van der Waals surface area contributed by atoms with E-state index in [1.165, 1.54) is 24.5 Å². The molecule has 3 N–H and O–H groups in total. The highest BCUT2D eigenvalue weighted by Crippen LogP contribution is 2.33. The standard InChI is InChI=1S/C28H31F4N5O3S/c1-28(2,3)36-25-14-18(10-12-35-25)21(16-34-13-11-29)27(33)20-6-5-7-23(26(20)32)37(17-40-4)41(38,39)24-15-19(30)8-9-22(24)31/h5-10,12,14-16H,11,13,17,33H2,1-4H3,(H,35,36). The molecule has 0 atom stereocenters. The number of aromatic nitrogens is 1. The minimum atomic E-state index is -4.84. The van der Waals surface area contributed by atoms with Crippen molar-refractivity contribution < 1.29 is 30.7 Å². The Bertz CT molecular complexity index is 1560. The average molecular weight is 594 g/mol. The fraction of sp³-hybridized carbons (Fsp3) is 0.286. The number of nitrogens with zero attached hydrogens (tertiary/aromatic N) is 3. The first-order chi connectivity index (χ1) is 19.3. The monoisotopic (exact) mass is 593 g/mol. The Kier molecular flexibility index (Phi) is 10.1. The minimum Gasteiger partial charge on any atom is -0.398 e. The molecule has 3 aromatic rings. The number of sulfonamides is 1. The number of benzene rings is 2. The van der Waals surface area contributed by atoms with E-state index in [0.29, 0.717) is 27.8 Å². The second kappa shape index (κ2) is 13.1. The van der Waals surface area contributed by atoms with E-state index in [4.69, 9.17) is 10.5 Å². The number of halogens is 4. The van der Waals surface area contributed by atoms with Gasteiger partial charge in [0.2, 0.25) is 0 Å². The van der Waals surface area contributed by atoms with E-state index in [9.17, 15) is 21.6 Å². The molecule has 220 valence electrons. The summed E-state index contributed by atoms with van der Waals surface area (Å²) in [5.74, 6) is -2.82. The van der Waals surface area contributed by atoms with Crippen LogP contribution >= 0.6 is 0 Å². The van der Waals surface area contributed by atoms with Crippen molar-refractivity contribution in [2.24, 2.45) is 10.7 Å². The SMILES string of the molecule is COCN(c1cccc(C(N)=C(C=NCCF)c2ccnc(NC(C)(C)C)c2)c1F)S(=O)(=O)c1cc(F)ccc1F. The Hall–Kier alpha value is -3.97. The molecular formula is C28H31F4N5O3S. The van der Waals surface area contributed by atoms with Crippen molar-refractivity contribution in [2.75, 3.05) is 36.7 Å². The van der Waals surface area contributed by atoms with E-state index in [1.54, 1.807) is 12.1 Å². The molecule has 41 heavy (non-hydrogen) atoms. The quantitative estimate of drug-likeness (QED) is 0.176. The third kappa shape index (κ3) is 7.61. The number of anilines is 2. The number of alkyl halides is 1. The lowest BCUT2D eigenvalue weighted by Gasteiger charge is -2.25. The number of hydrogen-bond acceptors (Lipinski definition) is 7. The first-order valence-corrected chi connectivity index (χ1v) is 13.8. The van der Waals surface area contributed by atoms with Crippen molar-refractivity contribution in [3.8, 4) is 0 Å². The lowest BCUT2D eigenvalue weighted by molar-refractivity contribution is 0.209. The zero-order valence-corrected chi connectivity index (χ0v) is 23.8. The van der Waals surface area contributed by atoms with Crippen molar-refractivity contribution in [2.45, 2.75) is 31.2 Å². The highest BCUT2D eigenvalue weighted by atomic mass is 32.2. The number of ether oxygens (including phenoxy) is 1. The van der Waals surface area contributed by atoms with Crippen LogP contribution in [0.3, 0.4) is 0 Å². The van der Waals surface area contributed by atoms with Gasteiger partial charge in [-0.05, 0) is 68.8 Å². The first kappa shape index (κ1) is 31.6. The Labute approximate surface area is 236 Å².